The first-order valence-electron chi connectivity index (χ1n) is 9.09. The number of rotatable bonds is 3. The lowest BCUT2D eigenvalue weighted by Crippen LogP contribution is -2.35. The van der Waals surface area contributed by atoms with E-state index >= 15 is 0 Å². The Labute approximate surface area is 148 Å². The zero-order valence-electron chi connectivity index (χ0n) is 15.2. The van der Waals surface area contributed by atoms with E-state index in [1.54, 1.807) is 6.07 Å². The molecule has 0 fully saturated rings. The third kappa shape index (κ3) is 2.87. The lowest BCUT2D eigenvalue weighted by atomic mass is 10.00. The van der Waals surface area contributed by atoms with Gasteiger partial charge in [0.2, 0.25) is 0 Å². The summed E-state index contributed by atoms with van der Waals surface area (Å²) in [7, 11) is 2.16. The Hall–Kier alpha value is -2.13. The van der Waals surface area contributed by atoms with Gasteiger partial charge in [0, 0.05) is 36.6 Å². The SMILES string of the molecule is Cc1cccc(CCn2c3c(c4cccc(F)c42)CN(C)C(C)C3)c1. The third-order valence-electron chi connectivity index (χ3n) is 5.61. The maximum Gasteiger partial charge on any atom is 0.147 e. The minimum Gasteiger partial charge on any atom is -0.342 e. The fourth-order valence-electron chi connectivity index (χ4n) is 4.09. The Kier molecular flexibility index (Phi) is 4.12. The van der Waals surface area contributed by atoms with Crippen molar-refractivity contribution >= 4 is 10.9 Å². The van der Waals surface area contributed by atoms with Gasteiger partial charge in [0.05, 0.1) is 5.52 Å². The van der Waals surface area contributed by atoms with Crippen molar-refractivity contribution in [3.63, 3.8) is 0 Å². The molecule has 0 aliphatic carbocycles. The zero-order valence-corrected chi connectivity index (χ0v) is 15.2. The molecule has 3 aromatic rings. The zero-order chi connectivity index (χ0) is 17.6. The van der Waals surface area contributed by atoms with Gasteiger partial charge < -0.3 is 4.57 Å². The summed E-state index contributed by atoms with van der Waals surface area (Å²) in [4.78, 5) is 2.36. The molecule has 1 atom stereocenters. The Balaban J connectivity index is 1.78. The number of aromatic nitrogens is 1. The van der Waals surface area contributed by atoms with Crippen molar-refractivity contribution in [1.29, 1.82) is 0 Å². The molecule has 4 rings (SSSR count). The molecule has 2 nitrogen and oxygen atoms in total. The van der Waals surface area contributed by atoms with E-state index in [0.717, 1.165) is 36.8 Å². The Morgan fingerprint density at radius 2 is 1.96 bits per heavy atom. The van der Waals surface area contributed by atoms with E-state index in [1.807, 2.05) is 6.07 Å². The van der Waals surface area contributed by atoms with Gasteiger partial charge >= 0.3 is 0 Å². The molecule has 0 spiro atoms. The first kappa shape index (κ1) is 16.3. The molecule has 0 saturated heterocycles. The van der Waals surface area contributed by atoms with Crippen molar-refractivity contribution in [2.45, 2.75) is 45.8 Å². The molecular weight excluding hydrogens is 311 g/mol. The number of halogens is 1. The van der Waals surface area contributed by atoms with Gasteiger partial charge in [-0.3, -0.25) is 4.90 Å². The summed E-state index contributed by atoms with van der Waals surface area (Å²) in [6.45, 7) is 6.09. The van der Waals surface area contributed by atoms with E-state index in [9.17, 15) is 4.39 Å². The number of hydrogen-bond acceptors (Lipinski definition) is 1. The van der Waals surface area contributed by atoms with Gasteiger partial charge in [-0.2, -0.15) is 0 Å². The molecule has 0 N–H and O–H groups in total. The van der Waals surface area contributed by atoms with E-state index in [0.29, 0.717) is 6.04 Å². The maximum atomic E-state index is 14.7. The van der Waals surface area contributed by atoms with Gasteiger partial charge in [0.15, 0.2) is 0 Å². The van der Waals surface area contributed by atoms with Crippen LogP contribution in [0.15, 0.2) is 42.5 Å². The predicted octanol–water partition coefficient (Wildman–Crippen LogP) is 4.71. The Bertz CT molecular complexity index is 925. The van der Waals surface area contributed by atoms with Gasteiger partial charge in [-0.05, 0) is 44.5 Å². The molecule has 1 aromatic heterocycles. The van der Waals surface area contributed by atoms with Crippen LogP contribution in [0.1, 0.15) is 29.3 Å². The second-order valence-electron chi connectivity index (χ2n) is 7.42. The van der Waals surface area contributed by atoms with Crippen molar-refractivity contribution < 1.29 is 4.39 Å². The number of likely N-dealkylation sites (N-methyl/N-ethyl adjacent to an activating group) is 1. The first-order valence-corrected chi connectivity index (χ1v) is 9.09. The van der Waals surface area contributed by atoms with E-state index in [2.05, 4.69) is 60.7 Å². The van der Waals surface area contributed by atoms with Crippen LogP contribution < -0.4 is 0 Å². The summed E-state index contributed by atoms with van der Waals surface area (Å²) >= 11 is 0. The van der Waals surface area contributed by atoms with Crippen LogP contribution in [-0.2, 0) is 25.9 Å². The first-order chi connectivity index (χ1) is 12.0. The molecular formula is C22H25FN2. The molecule has 3 heteroatoms. The van der Waals surface area contributed by atoms with Gasteiger partial charge in [-0.15, -0.1) is 0 Å². The summed E-state index contributed by atoms with van der Waals surface area (Å²) in [6.07, 6.45) is 1.91. The Morgan fingerprint density at radius 3 is 2.76 bits per heavy atom. The quantitative estimate of drug-likeness (QED) is 0.672. The number of aryl methyl sites for hydroxylation is 3. The normalized spacial score (nSPS) is 17.8. The largest absolute Gasteiger partial charge is 0.342 e. The minimum atomic E-state index is -0.105. The average molecular weight is 336 g/mol. The van der Waals surface area contributed by atoms with E-state index in [1.165, 1.54) is 22.4 Å². The molecule has 0 saturated carbocycles. The highest BCUT2D eigenvalue weighted by molar-refractivity contribution is 5.86. The van der Waals surface area contributed by atoms with Crippen molar-refractivity contribution in [2.24, 2.45) is 0 Å². The fourth-order valence-corrected chi connectivity index (χ4v) is 4.09. The summed E-state index contributed by atoms with van der Waals surface area (Å²) < 4.78 is 16.9. The second kappa shape index (κ2) is 6.30. The molecule has 25 heavy (non-hydrogen) atoms. The Morgan fingerprint density at radius 1 is 1.16 bits per heavy atom. The molecule has 1 aliphatic rings. The summed E-state index contributed by atoms with van der Waals surface area (Å²) in [5, 5.41) is 1.08. The monoisotopic (exact) mass is 336 g/mol. The van der Waals surface area contributed by atoms with Crippen LogP contribution in [0.25, 0.3) is 10.9 Å². The van der Waals surface area contributed by atoms with Gasteiger partial charge in [0.25, 0.3) is 0 Å². The van der Waals surface area contributed by atoms with E-state index in [4.69, 9.17) is 0 Å². The standard InChI is InChI=1S/C22H25FN2/c1-15-6-4-7-17(12-15)10-11-25-21-13-16(2)24(3)14-19(21)18-8-5-9-20(23)22(18)25/h4-9,12,16H,10-11,13-14H2,1-3H3. The number of hydrogen-bond donors (Lipinski definition) is 0. The molecule has 1 unspecified atom stereocenters. The predicted molar refractivity (Wildman–Crippen MR) is 101 cm³/mol. The van der Waals surface area contributed by atoms with Gasteiger partial charge in [-0.1, -0.05) is 42.0 Å². The maximum absolute atomic E-state index is 14.7. The van der Waals surface area contributed by atoms with Crippen LogP contribution >= 0.6 is 0 Å². The summed E-state index contributed by atoms with van der Waals surface area (Å²) in [5.74, 6) is -0.105. The minimum absolute atomic E-state index is 0.105. The van der Waals surface area contributed by atoms with Crippen molar-refractivity contribution in [1.82, 2.24) is 9.47 Å². The van der Waals surface area contributed by atoms with Crippen molar-refractivity contribution in [2.75, 3.05) is 7.05 Å². The summed E-state index contributed by atoms with van der Waals surface area (Å²) in [6, 6.07) is 14.6. The highest BCUT2D eigenvalue weighted by Gasteiger charge is 2.27. The van der Waals surface area contributed by atoms with Crippen LogP contribution in [-0.4, -0.2) is 22.6 Å². The van der Waals surface area contributed by atoms with Crippen LogP contribution in [0.3, 0.4) is 0 Å². The topological polar surface area (TPSA) is 8.17 Å². The number of para-hydroxylation sites is 1. The molecule has 0 amide bonds. The highest BCUT2D eigenvalue weighted by Crippen LogP contribution is 2.34. The molecule has 1 aliphatic heterocycles. The van der Waals surface area contributed by atoms with E-state index < -0.39 is 0 Å². The average Bonchev–Trinajstić information content (AvgIpc) is 2.88. The lowest BCUT2D eigenvalue weighted by Gasteiger charge is -2.31. The van der Waals surface area contributed by atoms with Crippen LogP contribution in [0.4, 0.5) is 4.39 Å². The molecule has 0 radical (unpaired) electrons. The van der Waals surface area contributed by atoms with Gasteiger partial charge in [0.1, 0.15) is 5.82 Å². The lowest BCUT2D eigenvalue weighted by molar-refractivity contribution is 0.228. The second-order valence-corrected chi connectivity index (χ2v) is 7.42. The molecule has 2 heterocycles. The van der Waals surface area contributed by atoms with E-state index in [-0.39, 0.29) is 5.82 Å². The van der Waals surface area contributed by atoms with Crippen LogP contribution in [0, 0.1) is 12.7 Å². The van der Waals surface area contributed by atoms with Crippen LogP contribution in [0.5, 0.6) is 0 Å². The van der Waals surface area contributed by atoms with Crippen LogP contribution in [0.2, 0.25) is 0 Å². The molecule has 130 valence electrons. The smallest absolute Gasteiger partial charge is 0.147 e. The molecule has 2 aromatic carbocycles. The number of benzene rings is 2. The van der Waals surface area contributed by atoms with Crippen molar-refractivity contribution in [3.8, 4) is 0 Å². The number of fused-ring (bicyclic) bond motifs is 3. The summed E-state index contributed by atoms with van der Waals surface area (Å²) in [5.41, 5.74) is 5.99. The fraction of sp³-hybridized carbons (Fsp3) is 0.364. The number of nitrogens with zero attached hydrogens (tertiary/aromatic N) is 2. The third-order valence-corrected chi connectivity index (χ3v) is 5.61. The van der Waals surface area contributed by atoms with Gasteiger partial charge in [-0.25, -0.2) is 4.39 Å². The highest BCUT2D eigenvalue weighted by atomic mass is 19.1. The van der Waals surface area contributed by atoms with Crippen molar-refractivity contribution in [3.05, 3.63) is 70.7 Å². The molecule has 0 bridgehead atoms.